The van der Waals surface area contributed by atoms with Crippen molar-refractivity contribution in [2.45, 2.75) is 6.92 Å². The molecule has 0 bridgehead atoms. The highest BCUT2D eigenvalue weighted by Gasteiger charge is 2.08. The first-order valence-electron chi connectivity index (χ1n) is 5.31. The number of nitrogens with zero attached hydrogens (tertiary/aromatic N) is 3. The van der Waals surface area contributed by atoms with Gasteiger partial charge in [-0.05, 0) is 40.5 Å². The van der Waals surface area contributed by atoms with Crippen molar-refractivity contribution < 1.29 is 0 Å². The normalized spacial score (nSPS) is 10.9. The first-order chi connectivity index (χ1) is 8.25. The summed E-state index contributed by atoms with van der Waals surface area (Å²) in [6.45, 7) is 2.03. The van der Waals surface area contributed by atoms with Crippen molar-refractivity contribution in [1.29, 1.82) is 0 Å². The predicted molar refractivity (Wildman–Crippen MR) is 71.3 cm³/mol. The Balaban J connectivity index is 2.27. The molecular formula is C13H10BrN3. The number of hydrogen-bond acceptors (Lipinski definition) is 2. The lowest BCUT2D eigenvalue weighted by molar-refractivity contribution is 0.863. The van der Waals surface area contributed by atoms with Gasteiger partial charge in [-0.15, -0.1) is 0 Å². The number of para-hydroxylation sites is 1. The molecule has 0 atom stereocenters. The van der Waals surface area contributed by atoms with E-state index in [4.69, 9.17) is 0 Å². The zero-order chi connectivity index (χ0) is 11.8. The summed E-state index contributed by atoms with van der Waals surface area (Å²) in [4.78, 5) is 4.42. The molecule has 0 fully saturated rings. The van der Waals surface area contributed by atoms with Crippen molar-refractivity contribution in [2.75, 3.05) is 0 Å². The maximum Gasteiger partial charge on any atom is 0.156 e. The summed E-state index contributed by atoms with van der Waals surface area (Å²) in [7, 11) is 0. The molecule has 17 heavy (non-hydrogen) atoms. The van der Waals surface area contributed by atoms with Crippen LogP contribution in [-0.2, 0) is 0 Å². The molecular weight excluding hydrogens is 278 g/mol. The molecule has 0 N–H and O–H groups in total. The molecule has 2 aromatic heterocycles. The van der Waals surface area contributed by atoms with Gasteiger partial charge >= 0.3 is 0 Å². The molecule has 3 nitrogen and oxygen atoms in total. The molecule has 1 aromatic carbocycles. The van der Waals surface area contributed by atoms with E-state index in [0.29, 0.717) is 0 Å². The lowest BCUT2D eigenvalue weighted by atomic mass is 10.2. The highest BCUT2D eigenvalue weighted by atomic mass is 79.9. The van der Waals surface area contributed by atoms with Gasteiger partial charge in [0.25, 0.3) is 0 Å². The van der Waals surface area contributed by atoms with Crippen LogP contribution in [0.15, 0.2) is 47.2 Å². The summed E-state index contributed by atoms with van der Waals surface area (Å²) in [6.07, 6.45) is 3.65. The Kier molecular flexibility index (Phi) is 2.44. The van der Waals surface area contributed by atoms with Gasteiger partial charge in [-0.2, -0.15) is 5.10 Å². The number of pyridine rings is 1. The largest absolute Gasteiger partial charge is 0.236 e. The zero-order valence-electron chi connectivity index (χ0n) is 9.26. The van der Waals surface area contributed by atoms with Gasteiger partial charge < -0.3 is 0 Å². The SMILES string of the molecule is Cc1cc(Br)cnc1-n1ncc2ccccc21. The van der Waals surface area contributed by atoms with Gasteiger partial charge in [-0.1, -0.05) is 18.2 Å². The third-order valence-electron chi connectivity index (χ3n) is 2.70. The predicted octanol–water partition coefficient (Wildman–Crippen LogP) is 3.49. The van der Waals surface area contributed by atoms with Gasteiger partial charge in [0, 0.05) is 16.1 Å². The highest BCUT2D eigenvalue weighted by molar-refractivity contribution is 9.10. The van der Waals surface area contributed by atoms with E-state index in [9.17, 15) is 0 Å². The second kappa shape index (κ2) is 3.96. The standard InChI is InChI=1S/C13H10BrN3/c1-9-6-11(14)8-15-13(9)17-12-5-3-2-4-10(12)7-16-17/h2-8H,1H3. The Morgan fingerprint density at radius 2 is 2.00 bits per heavy atom. The third kappa shape index (κ3) is 1.74. The minimum atomic E-state index is 0.870. The van der Waals surface area contributed by atoms with Crippen LogP contribution in [0, 0.1) is 6.92 Å². The van der Waals surface area contributed by atoms with E-state index in [0.717, 1.165) is 26.8 Å². The van der Waals surface area contributed by atoms with E-state index in [1.54, 1.807) is 6.20 Å². The Morgan fingerprint density at radius 1 is 1.18 bits per heavy atom. The molecule has 0 spiro atoms. The van der Waals surface area contributed by atoms with Crippen LogP contribution in [0.1, 0.15) is 5.56 Å². The van der Waals surface area contributed by atoms with Crippen molar-refractivity contribution in [1.82, 2.24) is 14.8 Å². The molecule has 0 aliphatic carbocycles. The van der Waals surface area contributed by atoms with Crippen LogP contribution in [0.2, 0.25) is 0 Å². The Morgan fingerprint density at radius 3 is 2.82 bits per heavy atom. The molecule has 2 heterocycles. The molecule has 3 aromatic rings. The van der Waals surface area contributed by atoms with Crippen molar-refractivity contribution in [3.05, 3.63) is 52.8 Å². The first kappa shape index (κ1) is 10.5. The fourth-order valence-electron chi connectivity index (χ4n) is 1.90. The molecule has 84 valence electrons. The van der Waals surface area contributed by atoms with Crippen LogP contribution in [0.4, 0.5) is 0 Å². The molecule has 0 amide bonds. The van der Waals surface area contributed by atoms with E-state index in [-0.39, 0.29) is 0 Å². The Hall–Kier alpha value is -1.68. The topological polar surface area (TPSA) is 30.7 Å². The number of benzene rings is 1. The molecule has 4 heteroatoms. The van der Waals surface area contributed by atoms with Crippen molar-refractivity contribution in [2.24, 2.45) is 0 Å². The van der Waals surface area contributed by atoms with Crippen molar-refractivity contribution >= 4 is 26.8 Å². The Bertz CT molecular complexity index is 688. The van der Waals surface area contributed by atoms with Crippen LogP contribution in [0.3, 0.4) is 0 Å². The third-order valence-corrected chi connectivity index (χ3v) is 3.13. The maximum absolute atomic E-state index is 4.42. The molecule has 0 saturated heterocycles. The molecule has 0 aliphatic rings. The number of halogens is 1. The summed E-state index contributed by atoms with van der Waals surface area (Å²) in [5, 5.41) is 5.52. The Labute approximate surface area is 107 Å². The number of aromatic nitrogens is 3. The summed E-state index contributed by atoms with van der Waals surface area (Å²) in [5.74, 6) is 0.870. The van der Waals surface area contributed by atoms with Crippen molar-refractivity contribution in [3.8, 4) is 5.82 Å². The van der Waals surface area contributed by atoms with E-state index in [1.165, 1.54) is 0 Å². The molecule has 0 radical (unpaired) electrons. The molecule has 3 rings (SSSR count). The smallest absolute Gasteiger partial charge is 0.156 e. The fourth-order valence-corrected chi connectivity index (χ4v) is 2.34. The van der Waals surface area contributed by atoms with E-state index in [1.807, 2.05) is 48.1 Å². The lowest BCUT2D eigenvalue weighted by Crippen LogP contribution is -2.01. The first-order valence-corrected chi connectivity index (χ1v) is 6.10. The van der Waals surface area contributed by atoms with Gasteiger partial charge in [0.05, 0.1) is 11.7 Å². The maximum atomic E-state index is 4.42. The molecule has 0 saturated carbocycles. The number of fused-ring (bicyclic) bond motifs is 1. The molecule has 0 unspecified atom stereocenters. The van der Waals surface area contributed by atoms with Gasteiger partial charge in [-0.25, -0.2) is 9.67 Å². The van der Waals surface area contributed by atoms with Gasteiger partial charge in [0.2, 0.25) is 0 Å². The summed E-state index contributed by atoms with van der Waals surface area (Å²) < 4.78 is 2.85. The molecule has 0 aliphatic heterocycles. The van der Waals surface area contributed by atoms with Crippen LogP contribution in [-0.4, -0.2) is 14.8 Å². The number of hydrogen-bond donors (Lipinski definition) is 0. The monoisotopic (exact) mass is 287 g/mol. The zero-order valence-corrected chi connectivity index (χ0v) is 10.8. The minimum absolute atomic E-state index is 0.870. The number of rotatable bonds is 1. The van der Waals surface area contributed by atoms with Crippen LogP contribution in [0.5, 0.6) is 0 Å². The average Bonchev–Trinajstić information content (AvgIpc) is 2.73. The van der Waals surface area contributed by atoms with Crippen molar-refractivity contribution in [3.63, 3.8) is 0 Å². The fraction of sp³-hybridized carbons (Fsp3) is 0.0769. The van der Waals surface area contributed by atoms with Crippen LogP contribution in [0.25, 0.3) is 16.7 Å². The minimum Gasteiger partial charge on any atom is -0.236 e. The number of aryl methyl sites for hydroxylation is 1. The lowest BCUT2D eigenvalue weighted by Gasteiger charge is -2.06. The summed E-state index contributed by atoms with van der Waals surface area (Å²) in [6, 6.07) is 10.2. The average molecular weight is 288 g/mol. The second-order valence-corrected chi connectivity index (χ2v) is 4.82. The summed E-state index contributed by atoms with van der Waals surface area (Å²) >= 11 is 3.42. The van der Waals surface area contributed by atoms with Gasteiger partial charge in [0.15, 0.2) is 5.82 Å². The van der Waals surface area contributed by atoms with Gasteiger partial charge in [-0.3, -0.25) is 0 Å². The van der Waals surface area contributed by atoms with Gasteiger partial charge in [0.1, 0.15) is 0 Å². The van der Waals surface area contributed by atoms with E-state index >= 15 is 0 Å². The van der Waals surface area contributed by atoms with E-state index in [2.05, 4.69) is 26.0 Å². The van der Waals surface area contributed by atoms with E-state index < -0.39 is 0 Å². The second-order valence-electron chi connectivity index (χ2n) is 3.91. The van der Waals surface area contributed by atoms with Crippen LogP contribution < -0.4 is 0 Å². The van der Waals surface area contributed by atoms with Crippen LogP contribution >= 0.6 is 15.9 Å². The highest BCUT2D eigenvalue weighted by Crippen LogP contribution is 2.20. The summed E-state index contributed by atoms with van der Waals surface area (Å²) in [5.41, 5.74) is 2.17. The quantitative estimate of drug-likeness (QED) is 0.686.